The van der Waals surface area contributed by atoms with Gasteiger partial charge in [0.15, 0.2) is 0 Å². The molecule has 0 bridgehead atoms. The topological polar surface area (TPSA) is 49.8 Å². The van der Waals surface area contributed by atoms with Crippen LogP contribution >= 0.6 is 0 Å². The van der Waals surface area contributed by atoms with E-state index in [1.54, 1.807) is 11.0 Å². The Bertz CT molecular complexity index is 650. The van der Waals surface area contributed by atoms with Crippen molar-refractivity contribution in [3.05, 3.63) is 71.8 Å². The summed E-state index contributed by atoms with van der Waals surface area (Å²) in [5, 5.41) is 9.20. The van der Waals surface area contributed by atoms with Crippen molar-refractivity contribution in [1.29, 1.82) is 0 Å². The Hall–Kier alpha value is -2.59. The molecule has 0 fully saturated rings. The van der Waals surface area contributed by atoms with E-state index >= 15 is 0 Å². The van der Waals surface area contributed by atoms with Gasteiger partial charge in [0.1, 0.15) is 5.75 Å². The van der Waals surface area contributed by atoms with Crippen LogP contribution in [0.25, 0.3) is 6.08 Å². The Morgan fingerprint density at radius 2 is 1.83 bits per heavy atom. The predicted octanol–water partition coefficient (Wildman–Crippen LogP) is 3.12. The quantitative estimate of drug-likeness (QED) is 0.759. The third-order valence-corrected chi connectivity index (χ3v) is 3.51. The molecule has 0 aliphatic carbocycles. The number of carbonyl (C=O) groups is 1. The Balaban J connectivity index is 2.01. The van der Waals surface area contributed by atoms with Crippen LogP contribution in [-0.4, -0.2) is 35.7 Å². The first-order valence-corrected chi connectivity index (χ1v) is 8.07. The minimum Gasteiger partial charge on any atom is -0.494 e. The number of amides is 1. The van der Waals surface area contributed by atoms with Gasteiger partial charge in [0.25, 0.3) is 0 Å². The number of benzene rings is 2. The molecule has 2 aromatic rings. The Kier molecular flexibility index (Phi) is 7.05. The molecule has 0 aliphatic rings. The third kappa shape index (κ3) is 5.56. The minimum absolute atomic E-state index is 0.0601. The summed E-state index contributed by atoms with van der Waals surface area (Å²) in [5.41, 5.74) is 1.96. The molecule has 0 saturated heterocycles. The number of rotatable bonds is 8. The number of aliphatic hydroxyl groups excluding tert-OH is 1. The van der Waals surface area contributed by atoms with Crippen LogP contribution in [0.1, 0.15) is 18.1 Å². The normalized spacial score (nSPS) is 10.8. The van der Waals surface area contributed by atoms with E-state index in [0.717, 1.165) is 16.9 Å². The molecule has 0 aliphatic heterocycles. The van der Waals surface area contributed by atoms with E-state index in [2.05, 4.69) is 0 Å². The summed E-state index contributed by atoms with van der Waals surface area (Å²) in [5.74, 6) is 0.689. The average molecular weight is 325 g/mol. The maximum atomic E-state index is 12.4. The molecule has 4 heteroatoms. The minimum atomic E-state index is -0.123. The highest BCUT2D eigenvalue weighted by Crippen LogP contribution is 2.13. The fourth-order valence-corrected chi connectivity index (χ4v) is 2.31. The molecule has 4 nitrogen and oxygen atoms in total. The lowest BCUT2D eigenvalue weighted by Crippen LogP contribution is -2.31. The lowest BCUT2D eigenvalue weighted by molar-refractivity contribution is -0.127. The van der Waals surface area contributed by atoms with Crippen LogP contribution in [0, 0.1) is 0 Å². The maximum absolute atomic E-state index is 12.4. The van der Waals surface area contributed by atoms with Crippen LogP contribution in [-0.2, 0) is 11.3 Å². The molecule has 0 radical (unpaired) electrons. The lowest BCUT2D eigenvalue weighted by Gasteiger charge is -2.20. The lowest BCUT2D eigenvalue weighted by atomic mass is 10.2. The van der Waals surface area contributed by atoms with E-state index in [-0.39, 0.29) is 12.5 Å². The van der Waals surface area contributed by atoms with Crippen molar-refractivity contribution in [1.82, 2.24) is 4.90 Å². The molecule has 1 amide bonds. The molecule has 1 N–H and O–H groups in total. The number of aliphatic hydroxyl groups is 1. The molecule has 2 aromatic carbocycles. The van der Waals surface area contributed by atoms with Gasteiger partial charge in [-0.05, 0) is 36.3 Å². The van der Waals surface area contributed by atoms with E-state index in [9.17, 15) is 9.90 Å². The summed E-state index contributed by atoms with van der Waals surface area (Å²) in [7, 11) is 0. The van der Waals surface area contributed by atoms with Gasteiger partial charge in [-0.3, -0.25) is 4.79 Å². The van der Waals surface area contributed by atoms with Gasteiger partial charge < -0.3 is 14.7 Å². The average Bonchev–Trinajstić information content (AvgIpc) is 2.62. The first kappa shape index (κ1) is 17.8. The molecule has 0 heterocycles. The molecular formula is C20H23NO3. The van der Waals surface area contributed by atoms with Crippen LogP contribution < -0.4 is 4.74 Å². The Morgan fingerprint density at radius 3 is 2.46 bits per heavy atom. The van der Waals surface area contributed by atoms with Crippen LogP contribution in [0.15, 0.2) is 60.7 Å². The predicted molar refractivity (Wildman–Crippen MR) is 95.6 cm³/mol. The molecule has 0 aromatic heterocycles. The molecule has 0 unspecified atom stereocenters. The van der Waals surface area contributed by atoms with Gasteiger partial charge >= 0.3 is 0 Å². The number of hydrogen-bond donors (Lipinski definition) is 1. The second kappa shape index (κ2) is 9.53. The smallest absolute Gasteiger partial charge is 0.246 e. The zero-order valence-electron chi connectivity index (χ0n) is 13.9. The van der Waals surface area contributed by atoms with Crippen LogP contribution in [0.4, 0.5) is 0 Å². The zero-order valence-corrected chi connectivity index (χ0v) is 13.9. The second-order valence-electron chi connectivity index (χ2n) is 5.30. The van der Waals surface area contributed by atoms with E-state index in [0.29, 0.717) is 19.7 Å². The highest BCUT2D eigenvalue weighted by atomic mass is 16.5. The van der Waals surface area contributed by atoms with Crippen molar-refractivity contribution in [3.63, 3.8) is 0 Å². The number of hydrogen-bond acceptors (Lipinski definition) is 3. The Morgan fingerprint density at radius 1 is 1.12 bits per heavy atom. The molecule has 0 spiro atoms. The summed E-state index contributed by atoms with van der Waals surface area (Å²) in [4.78, 5) is 14.0. The summed E-state index contributed by atoms with van der Waals surface area (Å²) in [6, 6.07) is 17.3. The Labute approximate surface area is 143 Å². The van der Waals surface area contributed by atoms with Crippen molar-refractivity contribution in [3.8, 4) is 5.75 Å². The summed E-state index contributed by atoms with van der Waals surface area (Å²) >= 11 is 0. The van der Waals surface area contributed by atoms with E-state index in [1.165, 1.54) is 6.08 Å². The van der Waals surface area contributed by atoms with Crippen molar-refractivity contribution in [2.75, 3.05) is 19.8 Å². The fourth-order valence-electron chi connectivity index (χ4n) is 2.31. The fraction of sp³-hybridized carbons (Fsp3) is 0.250. The number of ether oxygens (including phenoxy) is 1. The number of nitrogens with zero attached hydrogens (tertiary/aromatic N) is 1. The molecule has 0 saturated carbocycles. The van der Waals surface area contributed by atoms with Gasteiger partial charge in [-0.1, -0.05) is 42.5 Å². The standard InChI is InChI=1S/C20H23NO3/c1-2-24-19-11-8-17(9-12-19)10-13-20(23)21(14-15-22)16-18-6-4-3-5-7-18/h3-13,22H,2,14-16H2,1H3/b13-10+. The van der Waals surface area contributed by atoms with Crippen LogP contribution in [0.5, 0.6) is 5.75 Å². The van der Waals surface area contributed by atoms with Gasteiger partial charge in [0.05, 0.1) is 13.2 Å². The summed E-state index contributed by atoms with van der Waals surface area (Å²) in [6.07, 6.45) is 3.31. The van der Waals surface area contributed by atoms with Gasteiger partial charge in [-0.15, -0.1) is 0 Å². The monoisotopic (exact) mass is 325 g/mol. The van der Waals surface area contributed by atoms with Gasteiger partial charge in [0.2, 0.25) is 5.91 Å². The van der Waals surface area contributed by atoms with Gasteiger partial charge in [-0.2, -0.15) is 0 Å². The highest BCUT2D eigenvalue weighted by molar-refractivity contribution is 5.91. The largest absolute Gasteiger partial charge is 0.494 e. The molecule has 126 valence electrons. The first-order chi connectivity index (χ1) is 11.7. The van der Waals surface area contributed by atoms with Gasteiger partial charge in [-0.25, -0.2) is 0 Å². The van der Waals surface area contributed by atoms with Crippen molar-refractivity contribution < 1.29 is 14.6 Å². The first-order valence-electron chi connectivity index (χ1n) is 8.07. The molecular weight excluding hydrogens is 302 g/mol. The van der Waals surface area contributed by atoms with Gasteiger partial charge in [0, 0.05) is 19.2 Å². The zero-order chi connectivity index (χ0) is 17.2. The van der Waals surface area contributed by atoms with Crippen molar-refractivity contribution >= 4 is 12.0 Å². The van der Waals surface area contributed by atoms with Crippen molar-refractivity contribution in [2.24, 2.45) is 0 Å². The number of carbonyl (C=O) groups excluding carboxylic acids is 1. The SMILES string of the molecule is CCOc1ccc(/C=C/C(=O)N(CCO)Cc2ccccc2)cc1. The molecule has 2 rings (SSSR count). The van der Waals surface area contributed by atoms with E-state index in [1.807, 2.05) is 61.5 Å². The third-order valence-electron chi connectivity index (χ3n) is 3.51. The second-order valence-corrected chi connectivity index (χ2v) is 5.30. The molecule has 24 heavy (non-hydrogen) atoms. The highest BCUT2D eigenvalue weighted by Gasteiger charge is 2.10. The van der Waals surface area contributed by atoms with E-state index in [4.69, 9.17) is 4.74 Å². The summed E-state index contributed by atoms with van der Waals surface area (Å²) < 4.78 is 5.40. The van der Waals surface area contributed by atoms with E-state index < -0.39 is 0 Å². The van der Waals surface area contributed by atoms with Crippen LogP contribution in [0.2, 0.25) is 0 Å². The summed E-state index contributed by atoms with van der Waals surface area (Å²) in [6.45, 7) is 3.29. The van der Waals surface area contributed by atoms with Crippen LogP contribution in [0.3, 0.4) is 0 Å². The van der Waals surface area contributed by atoms with Crippen molar-refractivity contribution in [2.45, 2.75) is 13.5 Å². The maximum Gasteiger partial charge on any atom is 0.246 e. The molecule has 0 atom stereocenters.